The van der Waals surface area contributed by atoms with Gasteiger partial charge in [-0.2, -0.15) is 0 Å². The van der Waals surface area contributed by atoms with Crippen LogP contribution in [0.15, 0.2) is 99.9 Å². The monoisotopic (exact) mass is 562 g/mol. The standard InChI is InChI=1S/C34H34N4O2S/c1-22(2)25-13-15-26(16-14-25)31-30(32(39)36-27-9-5-4-6-10-27)23(3)35-34-38(31)33(40)29(41-34)21-24-11-17-28(18-12-24)37-19-7-8-20-37/h4-6,9-18,21-22,31H,7-8,19-20H2,1-3H3,(H,36,39)/b29-21+/t31-/m0/s1. The molecule has 6 nitrogen and oxygen atoms in total. The lowest BCUT2D eigenvalue weighted by Gasteiger charge is -2.25. The summed E-state index contributed by atoms with van der Waals surface area (Å²) in [6.45, 7) is 8.34. The number of thiazole rings is 1. The highest BCUT2D eigenvalue weighted by atomic mass is 32.1. The van der Waals surface area contributed by atoms with Crippen molar-refractivity contribution in [3.8, 4) is 0 Å². The molecule has 1 fully saturated rings. The van der Waals surface area contributed by atoms with E-state index in [0.717, 1.165) is 24.2 Å². The quantitative estimate of drug-likeness (QED) is 0.333. The third kappa shape index (κ3) is 5.42. The molecular formula is C34H34N4O2S. The number of rotatable bonds is 6. The molecule has 0 spiro atoms. The third-order valence-electron chi connectivity index (χ3n) is 7.88. The molecule has 3 heterocycles. The number of hydrogen-bond acceptors (Lipinski definition) is 5. The molecule has 0 saturated carbocycles. The van der Waals surface area contributed by atoms with E-state index in [1.165, 1.54) is 35.4 Å². The molecule has 0 radical (unpaired) electrons. The lowest BCUT2D eigenvalue weighted by molar-refractivity contribution is -0.113. The van der Waals surface area contributed by atoms with Gasteiger partial charge in [-0.25, -0.2) is 4.99 Å². The molecule has 208 valence electrons. The maximum Gasteiger partial charge on any atom is 0.271 e. The average molecular weight is 563 g/mol. The molecule has 0 aliphatic carbocycles. The van der Waals surface area contributed by atoms with Gasteiger partial charge in [-0.05, 0) is 72.7 Å². The Bertz CT molecular complexity index is 1780. The average Bonchev–Trinajstić information content (AvgIpc) is 3.62. The summed E-state index contributed by atoms with van der Waals surface area (Å²) in [6, 6.07) is 25.4. The number of fused-ring (bicyclic) bond motifs is 1. The lowest BCUT2D eigenvalue weighted by atomic mass is 9.93. The van der Waals surface area contributed by atoms with E-state index in [4.69, 9.17) is 4.99 Å². The SMILES string of the molecule is CC1=C(C(=O)Nc2ccccc2)[C@H](c2ccc(C(C)C)cc2)n2c(s/c(=C/c3ccc(N4CCCC4)cc3)c2=O)=N1. The van der Waals surface area contributed by atoms with Crippen molar-refractivity contribution in [2.45, 2.75) is 45.6 Å². The fraction of sp³-hybridized carbons (Fsp3) is 0.265. The normalized spacial score (nSPS) is 17.1. The maximum atomic E-state index is 14.0. The summed E-state index contributed by atoms with van der Waals surface area (Å²) in [6.07, 6.45) is 4.39. The van der Waals surface area contributed by atoms with Crippen LogP contribution in [0, 0.1) is 0 Å². The number of benzene rings is 3. The number of anilines is 2. The molecule has 7 heteroatoms. The Balaban J connectivity index is 1.43. The van der Waals surface area contributed by atoms with Crippen LogP contribution in [-0.4, -0.2) is 23.6 Å². The molecule has 1 amide bonds. The summed E-state index contributed by atoms with van der Waals surface area (Å²) in [5.41, 5.74) is 5.90. The van der Waals surface area contributed by atoms with E-state index >= 15 is 0 Å². The molecule has 4 aromatic rings. The van der Waals surface area contributed by atoms with E-state index in [2.05, 4.69) is 60.5 Å². The molecular weight excluding hydrogens is 528 g/mol. The van der Waals surface area contributed by atoms with Crippen molar-refractivity contribution in [1.82, 2.24) is 4.57 Å². The molecule has 1 aromatic heterocycles. The highest BCUT2D eigenvalue weighted by molar-refractivity contribution is 7.07. The van der Waals surface area contributed by atoms with Crippen molar-refractivity contribution in [1.29, 1.82) is 0 Å². The highest BCUT2D eigenvalue weighted by Crippen LogP contribution is 2.31. The van der Waals surface area contributed by atoms with Gasteiger partial charge in [0.1, 0.15) is 0 Å². The second-order valence-corrected chi connectivity index (χ2v) is 12.0. The van der Waals surface area contributed by atoms with Crippen LogP contribution in [0.3, 0.4) is 0 Å². The first-order valence-corrected chi connectivity index (χ1v) is 15.0. The van der Waals surface area contributed by atoms with Crippen LogP contribution in [0.5, 0.6) is 0 Å². The van der Waals surface area contributed by atoms with Gasteiger partial charge in [0.15, 0.2) is 4.80 Å². The van der Waals surface area contributed by atoms with Crippen molar-refractivity contribution < 1.29 is 4.79 Å². The van der Waals surface area contributed by atoms with Crippen LogP contribution < -0.4 is 25.1 Å². The first kappa shape index (κ1) is 27.0. The van der Waals surface area contributed by atoms with Gasteiger partial charge in [-0.1, -0.05) is 79.8 Å². The molecule has 3 aromatic carbocycles. The van der Waals surface area contributed by atoms with Crippen LogP contribution in [0.2, 0.25) is 0 Å². The Hall–Kier alpha value is -4.23. The minimum Gasteiger partial charge on any atom is -0.372 e. The first-order valence-electron chi connectivity index (χ1n) is 14.2. The number of aromatic nitrogens is 1. The number of carbonyl (C=O) groups excluding carboxylic acids is 1. The molecule has 1 atom stereocenters. The van der Waals surface area contributed by atoms with E-state index in [-0.39, 0.29) is 11.5 Å². The van der Waals surface area contributed by atoms with Crippen LogP contribution in [0.25, 0.3) is 6.08 Å². The zero-order valence-electron chi connectivity index (χ0n) is 23.6. The predicted molar refractivity (Wildman–Crippen MR) is 167 cm³/mol. The van der Waals surface area contributed by atoms with Gasteiger partial charge in [0.25, 0.3) is 11.5 Å². The lowest BCUT2D eigenvalue weighted by Crippen LogP contribution is -2.40. The third-order valence-corrected chi connectivity index (χ3v) is 8.86. The van der Waals surface area contributed by atoms with Crippen LogP contribution in [-0.2, 0) is 4.79 Å². The Morgan fingerprint density at radius 1 is 0.976 bits per heavy atom. The molecule has 0 bridgehead atoms. The fourth-order valence-electron chi connectivity index (χ4n) is 5.62. The number of amides is 1. The van der Waals surface area contributed by atoms with Gasteiger partial charge in [0, 0.05) is 24.5 Å². The Morgan fingerprint density at radius 3 is 2.32 bits per heavy atom. The molecule has 1 saturated heterocycles. The molecule has 1 N–H and O–H groups in total. The molecule has 2 aliphatic rings. The van der Waals surface area contributed by atoms with Gasteiger partial charge < -0.3 is 10.2 Å². The second kappa shape index (κ2) is 11.3. The number of nitrogens with one attached hydrogen (secondary N) is 1. The van der Waals surface area contributed by atoms with Crippen LogP contribution in [0.4, 0.5) is 11.4 Å². The van der Waals surface area contributed by atoms with Crippen LogP contribution >= 0.6 is 11.3 Å². The Labute approximate surface area is 244 Å². The minimum atomic E-state index is -0.587. The topological polar surface area (TPSA) is 66.7 Å². The van der Waals surface area contributed by atoms with Gasteiger partial charge in [0.2, 0.25) is 0 Å². The maximum absolute atomic E-state index is 14.0. The summed E-state index contributed by atoms with van der Waals surface area (Å²) in [4.78, 5) is 35.5. The van der Waals surface area contributed by atoms with E-state index in [1.54, 1.807) is 4.57 Å². The predicted octanol–water partition coefficient (Wildman–Crippen LogP) is 5.60. The summed E-state index contributed by atoms with van der Waals surface area (Å²) in [7, 11) is 0. The van der Waals surface area contributed by atoms with E-state index in [1.807, 2.05) is 55.5 Å². The number of nitrogens with zero attached hydrogens (tertiary/aromatic N) is 3. The summed E-state index contributed by atoms with van der Waals surface area (Å²) >= 11 is 1.37. The fourth-order valence-corrected chi connectivity index (χ4v) is 6.67. The zero-order chi connectivity index (χ0) is 28.5. The molecule has 0 unspecified atom stereocenters. The van der Waals surface area contributed by atoms with Crippen molar-refractivity contribution in [2.75, 3.05) is 23.3 Å². The zero-order valence-corrected chi connectivity index (χ0v) is 24.4. The number of hydrogen-bond donors (Lipinski definition) is 1. The molecule has 2 aliphatic heterocycles. The van der Waals surface area contributed by atoms with Crippen molar-refractivity contribution in [3.05, 3.63) is 127 Å². The largest absolute Gasteiger partial charge is 0.372 e. The molecule has 6 rings (SSSR count). The van der Waals surface area contributed by atoms with Gasteiger partial charge in [0.05, 0.1) is 21.8 Å². The minimum absolute atomic E-state index is 0.146. The van der Waals surface area contributed by atoms with Gasteiger partial charge in [-0.3, -0.25) is 14.2 Å². The summed E-state index contributed by atoms with van der Waals surface area (Å²) < 4.78 is 2.28. The van der Waals surface area contributed by atoms with Gasteiger partial charge >= 0.3 is 0 Å². The van der Waals surface area contributed by atoms with E-state index < -0.39 is 6.04 Å². The number of allylic oxidation sites excluding steroid dienone is 1. The Morgan fingerprint density at radius 2 is 1.66 bits per heavy atom. The van der Waals surface area contributed by atoms with Gasteiger partial charge in [-0.15, -0.1) is 0 Å². The van der Waals surface area contributed by atoms with E-state index in [0.29, 0.717) is 32.2 Å². The molecule has 41 heavy (non-hydrogen) atoms. The number of carbonyl (C=O) groups is 1. The van der Waals surface area contributed by atoms with Crippen LogP contribution in [0.1, 0.15) is 62.3 Å². The smallest absolute Gasteiger partial charge is 0.271 e. The van der Waals surface area contributed by atoms with Crippen molar-refractivity contribution in [2.24, 2.45) is 4.99 Å². The first-order chi connectivity index (χ1) is 19.9. The highest BCUT2D eigenvalue weighted by Gasteiger charge is 2.32. The Kier molecular flexibility index (Phi) is 7.45. The van der Waals surface area contributed by atoms with Crippen molar-refractivity contribution >= 4 is 34.7 Å². The summed E-state index contributed by atoms with van der Waals surface area (Å²) in [5.74, 6) is 0.114. The van der Waals surface area contributed by atoms with Crippen molar-refractivity contribution in [3.63, 3.8) is 0 Å². The second-order valence-electron chi connectivity index (χ2n) is 11.0. The van der Waals surface area contributed by atoms with E-state index in [9.17, 15) is 9.59 Å². The summed E-state index contributed by atoms with van der Waals surface area (Å²) in [5, 5.41) is 3.02. The number of para-hydroxylation sites is 1.